The third-order valence-corrected chi connectivity index (χ3v) is 7.68. The highest BCUT2D eigenvalue weighted by Crippen LogP contribution is 2.48. The molecule has 2 aromatic heterocycles. The molecule has 38 heavy (non-hydrogen) atoms. The number of benzene rings is 5. The maximum Gasteiger partial charge on any atom is 0.0886 e. The van der Waals surface area contributed by atoms with Crippen molar-refractivity contribution in [1.29, 1.82) is 0 Å². The molecule has 5 aromatic carbocycles. The van der Waals surface area contributed by atoms with Crippen LogP contribution in [0.1, 0.15) is 0 Å². The van der Waals surface area contributed by atoms with Gasteiger partial charge in [0.2, 0.25) is 0 Å². The molecule has 2 heterocycles. The van der Waals surface area contributed by atoms with Crippen LogP contribution in [0.15, 0.2) is 134 Å². The third kappa shape index (κ3) is 3.28. The van der Waals surface area contributed by atoms with Crippen molar-refractivity contribution in [2.75, 3.05) is 0 Å². The third-order valence-electron chi connectivity index (χ3n) is 7.68. The summed E-state index contributed by atoms with van der Waals surface area (Å²) in [6.07, 6.45) is 3.73. The van der Waals surface area contributed by atoms with Gasteiger partial charge >= 0.3 is 0 Å². The maximum atomic E-state index is 4.66. The molecule has 0 saturated carbocycles. The van der Waals surface area contributed by atoms with E-state index in [1.165, 1.54) is 54.9 Å². The average molecular weight is 483 g/mol. The fourth-order valence-corrected chi connectivity index (χ4v) is 5.82. The first-order valence-corrected chi connectivity index (χ1v) is 12.9. The SMILES string of the molecule is c1ccc(-c2ccc(-c3ccc4cc(-c5cc6c7c(cccc7c5)-c5ccccc5-6)ccc4c3)cn2)nc1. The fourth-order valence-electron chi connectivity index (χ4n) is 5.82. The Balaban J connectivity index is 1.17. The van der Waals surface area contributed by atoms with Crippen LogP contribution in [0.2, 0.25) is 0 Å². The van der Waals surface area contributed by atoms with Crippen LogP contribution in [0.4, 0.5) is 0 Å². The van der Waals surface area contributed by atoms with Crippen LogP contribution in [0.25, 0.3) is 77.4 Å². The number of pyridine rings is 2. The summed E-state index contributed by atoms with van der Waals surface area (Å²) in [4.78, 5) is 9.06. The lowest BCUT2D eigenvalue weighted by Crippen LogP contribution is -1.87. The van der Waals surface area contributed by atoms with Gasteiger partial charge in [-0.1, -0.05) is 78.9 Å². The van der Waals surface area contributed by atoms with Gasteiger partial charge in [0.15, 0.2) is 0 Å². The van der Waals surface area contributed by atoms with Crippen molar-refractivity contribution in [2.45, 2.75) is 0 Å². The Morgan fingerprint density at radius 1 is 0.368 bits per heavy atom. The van der Waals surface area contributed by atoms with E-state index in [1.807, 2.05) is 30.5 Å². The van der Waals surface area contributed by atoms with Crippen molar-refractivity contribution >= 4 is 21.5 Å². The van der Waals surface area contributed by atoms with E-state index < -0.39 is 0 Å². The number of nitrogens with zero attached hydrogens (tertiary/aromatic N) is 2. The Bertz CT molecular complexity index is 2010. The molecular formula is C36H22N2. The van der Waals surface area contributed by atoms with Crippen LogP contribution in [0, 0.1) is 0 Å². The van der Waals surface area contributed by atoms with Gasteiger partial charge in [0.05, 0.1) is 11.4 Å². The van der Waals surface area contributed by atoms with Gasteiger partial charge in [-0.15, -0.1) is 0 Å². The smallest absolute Gasteiger partial charge is 0.0886 e. The Hall–Kier alpha value is -5.08. The minimum absolute atomic E-state index is 0.883. The number of fused-ring (bicyclic) bond motifs is 4. The van der Waals surface area contributed by atoms with E-state index in [0.29, 0.717) is 0 Å². The molecule has 2 nitrogen and oxygen atoms in total. The van der Waals surface area contributed by atoms with Crippen molar-refractivity contribution in [3.8, 4) is 55.9 Å². The molecule has 1 aliphatic carbocycles. The lowest BCUT2D eigenvalue weighted by Gasteiger charge is -2.10. The molecule has 1 aliphatic rings. The molecule has 0 atom stereocenters. The molecule has 0 N–H and O–H groups in total. The predicted molar refractivity (Wildman–Crippen MR) is 158 cm³/mol. The molecule has 0 fully saturated rings. The first kappa shape index (κ1) is 21.0. The van der Waals surface area contributed by atoms with E-state index >= 15 is 0 Å². The zero-order valence-corrected chi connectivity index (χ0v) is 20.6. The Kier molecular flexibility index (Phi) is 4.55. The summed E-state index contributed by atoms with van der Waals surface area (Å²) in [6.45, 7) is 0. The Morgan fingerprint density at radius 2 is 1.03 bits per heavy atom. The largest absolute Gasteiger partial charge is 0.255 e. The lowest BCUT2D eigenvalue weighted by molar-refractivity contribution is 1.25. The van der Waals surface area contributed by atoms with Gasteiger partial charge in [-0.3, -0.25) is 9.97 Å². The summed E-state index contributed by atoms with van der Waals surface area (Å²) < 4.78 is 0. The highest BCUT2D eigenvalue weighted by molar-refractivity contribution is 6.16. The monoisotopic (exact) mass is 482 g/mol. The van der Waals surface area contributed by atoms with Crippen molar-refractivity contribution in [2.24, 2.45) is 0 Å². The van der Waals surface area contributed by atoms with Crippen LogP contribution >= 0.6 is 0 Å². The van der Waals surface area contributed by atoms with E-state index in [0.717, 1.165) is 22.5 Å². The summed E-state index contributed by atoms with van der Waals surface area (Å²) >= 11 is 0. The molecule has 0 bridgehead atoms. The van der Waals surface area contributed by atoms with Gasteiger partial charge in [-0.05, 0) is 103 Å². The summed E-state index contributed by atoms with van der Waals surface area (Å²) in [7, 11) is 0. The minimum Gasteiger partial charge on any atom is -0.255 e. The zero-order chi connectivity index (χ0) is 25.1. The van der Waals surface area contributed by atoms with Crippen LogP contribution in [0.3, 0.4) is 0 Å². The second kappa shape index (κ2) is 8.22. The first-order valence-electron chi connectivity index (χ1n) is 12.9. The molecule has 2 heteroatoms. The van der Waals surface area contributed by atoms with E-state index in [-0.39, 0.29) is 0 Å². The van der Waals surface area contributed by atoms with Crippen molar-refractivity contribution in [3.05, 3.63) is 134 Å². The predicted octanol–water partition coefficient (Wildman–Crippen LogP) is 9.43. The van der Waals surface area contributed by atoms with Gasteiger partial charge in [0, 0.05) is 18.0 Å². The molecule has 8 rings (SSSR count). The van der Waals surface area contributed by atoms with Gasteiger partial charge in [-0.2, -0.15) is 0 Å². The topological polar surface area (TPSA) is 25.8 Å². The van der Waals surface area contributed by atoms with Gasteiger partial charge in [0.1, 0.15) is 0 Å². The summed E-state index contributed by atoms with van der Waals surface area (Å²) in [5.74, 6) is 0. The normalized spacial score (nSPS) is 11.7. The van der Waals surface area contributed by atoms with Crippen LogP contribution in [-0.4, -0.2) is 9.97 Å². The first-order chi connectivity index (χ1) is 18.8. The average Bonchev–Trinajstić information content (AvgIpc) is 3.32. The summed E-state index contributed by atoms with van der Waals surface area (Å²) in [6, 6.07) is 43.6. The highest BCUT2D eigenvalue weighted by atomic mass is 14.8. The standard InChI is InChI=1S/C36H22N2/c1-2-8-31-30(7-1)32-9-5-6-27-20-29(21-33(31)36(27)32)26-14-12-23-18-25(13-11-24(23)19-26)28-15-16-35(38-22-28)34-10-3-4-17-37-34/h1-22H. The number of rotatable bonds is 3. The second-order valence-electron chi connectivity index (χ2n) is 9.90. The summed E-state index contributed by atoms with van der Waals surface area (Å²) in [5, 5.41) is 5.11. The van der Waals surface area contributed by atoms with Gasteiger partial charge in [-0.25, -0.2) is 0 Å². The quantitative estimate of drug-likeness (QED) is 0.251. The highest BCUT2D eigenvalue weighted by Gasteiger charge is 2.21. The Morgan fingerprint density at radius 3 is 1.76 bits per heavy atom. The van der Waals surface area contributed by atoms with Crippen molar-refractivity contribution in [3.63, 3.8) is 0 Å². The van der Waals surface area contributed by atoms with Crippen molar-refractivity contribution in [1.82, 2.24) is 9.97 Å². The molecular weight excluding hydrogens is 460 g/mol. The summed E-state index contributed by atoms with van der Waals surface area (Å²) in [5.41, 5.74) is 11.9. The molecule has 0 saturated heterocycles. The number of hydrogen-bond acceptors (Lipinski definition) is 2. The number of hydrogen-bond donors (Lipinski definition) is 0. The van der Waals surface area contributed by atoms with E-state index in [4.69, 9.17) is 0 Å². The minimum atomic E-state index is 0.883. The molecule has 7 aromatic rings. The van der Waals surface area contributed by atoms with Gasteiger partial charge in [0.25, 0.3) is 0 Å². The Labute approximate surface area is 220 Å². The molecule has 0 unspecified atom stereocenters. The molecule has 176 valence electrons. The van der Waals surface area contributed by atoms with E-state index in [9.17, 15) is 0 Å². The molecule has 0 radical (unpaired) electrons. The van der Waals surface area contributed by atoms with Crippen LogP contribution in [-0.2, 0) is 0 Å². The van der Waals surface area contributed by atoms with E-state index in [1.54, 1.807) is 6.20 Å². The number of aromatic nitrogens is 2. The van der Waals surface area contributed by atoms with E-state index in [2.05, 4.69) is 107 Å². The fraction of sp³-hybridized carbons (Fsp3) is 0. The van der Waals surface area contributed by atoms with Gasteiger partial charge < -0.3 is 0 Å². The second-order valence-corrected chi connectivity index (χ2v) is 9.90. The lowest BCUT2D eigenvalue weighted by atomic mass is 9.94. The van der Waals surface area contributed by atoms with Crippen LogP contribution < -0.4 is 0 Å². The molecule has 0 amide bonds. The van der Waals surface area contributed by atoms with Crippen molar-refractivity contribution < 1.29 is 0 Å². The molecule has 0 aliphatic heterocycles. The molecule has 0 spiro atoms. The maximum absolute atomic E-state index is 4.66. The zero-order valence-electron chi connectivity index (χ0n) is 20.6. The van der Waals surface area contributed by atoms with Crippen LogP contribution in [0.5, 0.6) is 0 Å².